The second-order valence-corrected chi connectivity index (χ2v) is 6.33. The lowest BCUT2D eigenvalue weighted by Crippen LogP contribution is -2.44. The van der Waals surface area contributed by atoms with Gasteiger partial charge < -0.3 is 10.4 Å². The Morgan fingerprint density at radius 3 is 2.45 bits per heavy atom. The molecule has 1 rings (SSSR count). The van der Waals surface area contributed by atoms with Crippen molar-refractivity contribution in [3.63, 3.8) is 0 Å². The number of carbonyl (C=O) groups is 2. The third-order valence-electron chi connectivity index (χ3n) is 3.20. The molecule has 1 amide bonds. The highest BCUT2D eigenvalue weighted by Crippen LogP contribution is 2.24. The lowest BCUT2D eigenvalue weighted by molar-refractivity contribution is -0.140. The van der Waals surface area contributed by atoms with Gasteiger partial charge in [0.15, 0.2) is 0 Å². The maximum absolute atomic E-state index is 12.2. The van der Waals surface area contributed by atoms with E-state index in [1.54, 1.807) is 13.8 Å². The molecule has 5 heteroatoms. The van der Waals surface area contributed by atoms with Gasteiger partial charge in [0.2, 0.25) is 0 Å². The first-order valence-electron chi connectivity index (χ1n) is 7.05. The minimum atomic E-state index is -0.991. The number of hydrogen-bond donors (Lipinski definition) is 2. The van der Waals surface area contributed by atoms with Crippen LogP contribution in [0.2, 0.25) is 0 Å². The quantitative estimate of drug-likeness (QED) is 0.812. The molecular formula is C15H23NO3S. The average molecular weight is 297 g/mol. The van der Waals surface area contributed by atoms with Crippen LogP contribution in [0.15, 0.2) is 6.07 Å². The zero-order valence-electron chi connectivity index (χ0n) is 12.5. The Bertz CT molecular complexity index is 479. The number of carboxylic acids is 1. The predicted molar refractivity (Wildman–Crippen MR) is 81.4 cm³/mol. The van der Waals surface area contributed by atoms with E-state index in [2.05, 4.69) is 19.2 Å². The number of carbonyl (C=O) groups excluding carboxylic acids is 1. The number of aryl methyl sites for hydroxylation is 2. The highest BCUT2D eigenvalue weighted by Gasteiger charge is 2.25. The summed E-state index contributed by atoms with van der Waals surface area (Å²) in [5.41, 5.74) is 1.19. The standard InChI is InChI=1S/C15H23NO3S/c1-5-7-11-10(6-2)8-12(20-11)14(17)16-13(9(3)4)15(18)19/h8-9,13H,5-7H2,1-4H3,(H,16,17)(H,18,19)/t13-/m1/s1. The van der Waals surface area contributed by atoms with Crippen LogP contribution in [-0.4, -0.2) is 23.0 Å². The number of aliphatic carboxylic acids is 1. The van der Waals surface area contributed by atoms with Crippen LogP contribution in [0.4, 0.5) is 0 Å². The van der Waals surface area contributed by atoms with E-state index in [-0.39, 0.29) is 11.8 Å². The molecule has 0 aliphatic heterocycles. The van der Waals surface area contributed by atoms with Gasteiger partial charge in [0, 0.05) is 4.88 Å². The lowest BCUT2D eigenvalue weighted by atomic mass is 10.0. The Morgan fingerprint density at radius 2 is 2.00 bits per heavy atom. The third kappa shape index (κ3) is 4.07. The second-order valence-electron chi connectivity index (χ2n) is 5.20. The van der Waals surface area contributed by atoms with Crippen molar-refractivity contribution >= 4 is 23.2 Å². The Hall–Kier alpha value is -1.36. The molecule has 4 nitrogen and oxygen atoms in total. The number of carboxylic acid groups (broad SMARTS) is 1. The first-order valence-corrected chi connectivity index (χ1v) is 7.87. The van der Waals surface area contributed by atoms with Crippen molar-refractivity contribution in [2.24, 2.45) is 5.92 Å². The van der Waals surface area contributed by atoms with Crippen LogP contribution in [-0.2, 0) is 17.6 Å². The summed E-state index contributed by atoms with van der Waals surface area (Å²) in [6.07, 6.45) is 2.90. The molecule has 0 aliphatic rings. The van der Waals surface area contributed by atoms with Crippen LogP contribution in [0.1, 0.15) is 54.2 Å². The molecule has 20 heavy (non-hydrogen) atoms. The Kier molecular flexibility index (Phi) is 6.20. The molecule has 0 radical (unpaired) electrons. The van der Waals surface area contributed by atoms with Crippen LogP contribution >= 0.6 is 11.3 Å². The molecule has 0 saturated heterocycles. The van der Waals surface area contributed by atoms with Gasteiger partial charge in [-0.15, -0.1) is 11.3 Å². The Balaban J connectivity index is 2.89. The highest BCUT2D eigenvalue weighted by molar-refractivity contribution is 7.14. The van der Waals surface area contributed by atoms with Gasteiger partial charge in [0.1, 0.15) is 6.04 Å². The van der Waals surface area contributed by atoms with E-state index < -0.39 is 12.0 Å². The summed E-state index contributed by atoms with van der Waals surface area (Å²) in [7, 11) is 0. The molecule has 0 aromatic carbocycles. The van der Waals surface area contributed by atoms with Gasteiger partial charge in [-0.05, 0) is 30.4 Å². The summed E-state index contributed by atoms with van der Waals surface area (Å²) < 4.78 is 0. The predicted octanol–water partition coefficient (Wildman–Crippen LogP) is 3.10. The second kappa shape index (κ2) is 7.43. The van der Waals surface area contributed by atoms with E-state index in [1.807, 2.05) is 6.07 Å². The van der Waals surface area contributed by atoms with Crippen LogP contribution in [0, 0.1) is 5.92 Å². The third-order valence-corrected chi connectivity index (χ3v) is 4.43. The molecule has 0 saturated carbocycles. The largest absolute Gasteiger partial charge is 0.480 e. The molecule has 1 heterocycles. The lowest BCUT2D eigenvalue weighted by Gasteiger charge is -2.17. The first-order chi connectivity index (χ1) is 9.40. The van der Waals surface area contributed by atoms with E-state index in [4.69, 9.17) is 5.11 Å². The molecule has 0 spiro atoms. The number of hydrogen-bond acceptors (Lipinski definition) is 3. The van der Waals surface area contributed by atoms with Gasteiger partial charge in [-0.25, -0.2) is 4.79 Å². The first kappa shape index (κ1) is 16.7. The van der Waals surface area contributed by atoms with Crippen molar-refractivity contribution in [2.75, 3.05) is 0 Å². The average Bonchev–Trinajstić information content (AvgIpc) is 2.78. The van der Waals surface area contributed by atoms with Crippen LogP contribution < -0.4 is 5.32 Å². The Morgan fingerprint density at radius 1 is 1.35 bits per heavy atom. The normalized spacial score (nSPS) is 12.4. The summed E-state index contributed by atoms with van der Waals surface area (Å²) in [6, 6.07) is 1.05. The SMILES string of the molecule is CCCc1sc(C(=O)N[C@@H](C(=O)O)C(C)C)cc1CC. The molecule has 0 aliphatic carbocycles. The van der Waals surface area contributed by atoms with Crippen molar-refractivity contribution < 1.29 is 14.7 Å². The zero-order valence-corrected chi connectivity index (χ0v) is 13.3. The van der Waals surface area contributed by atoms with Gasteiger partial charge in [-0.3, -0.25) is 4.79 Å². The fourth-order valence-corrected chi connectivity index (χ4v) is 3.30. The molecule has 1 aromatic heterocycles. The molecule has 0 bridgehead atoms. The van der Waals surface area contributed by atoms with Gasteiger partial charge >= 0.3 is 5.97 Å². The van der Waals surface area contributed by atoms with E-state index in [0.717, 1.165) is 19.3 Å². The van der Waals surface area contributed by atoms with Gasteiger partial charge in [0.05, 0.1) is 4.88 Å². The smallest absolute Gasteiger partial charge is 0.326 e. The summed E-state index contributed by atoms with van der Waals surface area (Å²) in [4.78, 5) is 25.2. The number of nitrogens with one attached hydrogen (secondary N) is 1. The molecule has 112 valence electrons. The number of thiophene rings is 1. The van der Waals surface area contributed by atoms with E-state index in [0.29, 0.717) is 4.88 Å². The van der Waals surface area contributed by atoms with E-state index >= 15 is 0 Å². The molecule has 0 fully saturated rings. The van der Waals surface area contributed by atoms with Crippen molar-refractivity contribution in [1.82, 2.24) is 5.32 Å². The summed E-state index contributed by atoms with van der Waals surface area (Å²) in [5, 5.41) is 11.7. The van der Waals surface area contributed by atoms with Gasteiger partial charge in [-0.2, -0.15) is 0 Å². The van der Waals surface area contributed by atoms with Crippen molar-refractivity contribution in [1.29, 1.82) is 0 Å². The molecule has 1 atom stereocenters. The molecular weight excluding hydrogens is 274 g/mol. The minimum absolute atomic E-state index is 0.142. The monoisotopic (exact) mass is 297 g/mol. The van der Waals surface area contributed by atoms with Crippen LogP contribution in [0.3, 0.4) is 0 Å². The molecule has 1 aromatic rings. The topological polar surface area (TPSA) is 66.4 Å². The molecule has 0 unspecified atom stereocenters. The fourth-order valence-electron chi connectivity index (χ4n) is 2.04. The molecule has 2 N–H and O–H groups in total. The fraction of sp³-hybridized carbons (Fsp3) is 0.600. The van der Waals surface area contributed by atoms with Crippen LogP contribution in [0.25, 0.3) is 0 Å². The van der Waals surface area contributed by atoms with Gasteiger partial charge in [0.25, 0.3) is 5.91 Å². The summed E-state index contributed by atoms with van der Waals surface area (Å²) in [6.45, 7) is 7.75. The van der Waals surface area contributed by atoms with Crippen LogP contribution in [0.5, 0.6) is 0 Å². The van der Waals surface area contributed by atoms with Crippen molar-refractivity contribution in [3.05, 3.63) is 21.4 Å². The highest BCUT2D eigenvalue weighted by atomic mass is 32.1. The minimum Gasteiger partial charge on any atom is -0.480 e. The Labute approximate surface area is 124 Å². The summed E-state index contributed by atoms with van der Waals surface area (Å²) >= 11 is 1.48. The van der Waals surface area contributed by atoms with E-state index in [9.17, 15) is 9.59 Å². The summed E-state index contributed by atoms with van der Waals surface area (Å²) in [5.74, 6) is -1.42. The number of amides is 1. The van der Waals surface area contributed by atoms with Crippen molar-refractivity contribution in [2.45, 2.75) is 53.0 Å². The zero-order chi connectivity index (χ0) is 15.3. The van der Waals surface area contributed by atoms with Gasteiger partial charge in [-0.1, -0.05) is 34.1 Å². The maximum Gasteiger partial charge on any atom is 0.326 e. The van der Waals surface area contributed by atoms with Crippen molar-refractivity contribution in [3.8, 4) is 0 Å². The number of rotatable bonds is 7. The maximum atomic E-state index is 12.2. The van der Waals surface area contributed by atoms with E-state index in [1.165, 1.54) is 21.8 Å².